The number of rotatable bonds is 5. The third kappa shape index (κ3) is 4.75. The number of nitrogens with two attached hydrogens (primary N) is 1. The molecule has 0 aliphatic heterocycles. The molecule has 0 fully saturated rings. The molecule has 0 aliphatic carbocycles. The molecule has 6 heteroatoms. The maximum Gasteiger partial charge on any atom is 0.251 e. The van der Waals surface area contributed by atoms with Gasteiger partial charge in [0.15, 0.2) is 9.84 Å². The standard InChI is InChI=1S/C13H18N2O3S/c1-3-4-5-6-15-13(16)10-7-11(14)9-12(8-10)19(2,17)18/h3-4,7-9H,5-6,14H2,1-2H3,(H,15,16)/b4-3+. The van der Waals surface area contributed by atoms with Crippen LogP contribution < -0.4 is 11.1 Å². The Labute approximate surface area is 113 Å². The smallest absolute Gasteiger partial charge is 0.251 e. The van der Waals surface area contributed by atoms with Gasteiger partial charge in [-0.2, -0.15) is 0 Å². The average Bonchev–Trinajstić information content (AvgIpc) is 2.32. The van der Waals surface area contributed by atoms with Crippen molar-refractivity contribution >= 4 is 21.4 Å². The van der Waals surface area contributed by atoms with E-state index in [0.717, 1.165) is 12.7 Å². The zero-order valence-electron chi connectivity index (χ0n) is 11.0. The summed E-state index contributed by atoms with van der Waals surface area (Å²) >= 11 is 0. The van der Waals surface area contributed by atoms with Crippen molar-refractivity contribution in [1.82, 2.24) is 5.32 Å². The van der Waals surface area contributed by atoms with Crippen molar-refractivity contribution in [1.29, 1.82) is 0 Å². The Morgan fingerprint density at radius 3 is 2.63 bits per heavy atom. The first-order valence-corrected chi connectivity index (χ1v) is 7.73. The lowest BCUT2D eigenvalue weighted by Gasteiger charge is -2.07. The number of anilines is 1. The summed E-state index contributed by atoms with van der Waals surface area (Å²) in [6.07, 6.45) is 5.63. The highest BCUT2D eigenvalue weighted by molar-refractivity contribution is 7.90. The molecule has 0 saturated carbocycles. The highest BCUT2D eigenvalue weighted by Gasteiger charge is 2.13. The number of carbonyl (C=O) groups excluding carboxylic acids is 1. The summed E-state index contributed by atoms with van der Waals surface area (Å²) in [5.74, 6) is -0.332. The second-order valence-corrected chi connectivity index (χ2v) is 6.19. The second kappa shape index (κ2) is 6.38. The molecule has 0 atom stereocenters. The van der Waals surface area contributed by atoms with Crippen LogP contribution in [0.15, 0.2) is 35.2 Å². The van der Waals surface area contributed by atoms with Crippen molar-refractivity contribution in [3.05, 3.63) is 35.9 Å². The maximum atomic E-state index is 11.9. The molecule has 1 rings (SSSR count). The lowest BCUT2D eigenvalue weighted by molar-refractivity contribution is 0.0954. The van der Waals surface area contributed by atoms with E-state index < -0.39 is 9.84 Å². The molecule has 0 unspecified atom stereocenters. The van der Waals surface area contributed by atoms with E-state index in [4.69, 9.17) is 5.73 Å². The Hall–Kier alpha value is -1.82. The molecular formula is C13H18N2O3S. The van der Waals surface area contributed by atoms with E-state index in [9.17, 15) is 13.2 Å². The van der Waals surface area contributed by atoms with Gasteiger partial charge in [0.2, 0.25) is 0 Å². The molecule has 0 heterocycles. The molecule has 0 aliphatic rings. The van der Waals surface area contributed by atoms with E-state index in [1.54, 1.807) is 0 Å². The number of allylic oxidation sites excluding steroid dienone is 1. The summed E-state index contributed by atoms with van der Waals surface area (Å²) in [7, 11) is -3.38. The highest BCUT2D eigenvalue weighted by atomic mass is 32.2. The average molecular weight is 282 g/mol. The van der Waals surface area contributed by atoms with Gasteiger partial charge in [-0.05, 0) is 31.5 Å². The van der Waals surface area contributed by atoms with Gasteiger partial charge in [0.1, 0.15) is 0 Å². The Kier molecular flexibility index (Phi) is 5.11. The first-order chi connectivity index (χ1) is 8.84. The van der Waals surface area contributed by atoms with Crippen LogP contribution in [0.5, 0.6) is 0 Å². The third-order valence-electron chi connectivity index (χ3n) is 2.45. The summed E-state index contributed by atoms with van der Waals surface area (Å²) < 4.78 is 22.9. The van der Waals surface area contributed by atoms with Gasteiger partial charge in [-0.25, -0.2) is 8.42 Å². The Bertz CT molecular complexity index is 592. The van der Waals surface area contributed by atoms with Crippen LogP contribution in [0.1, 0.15) is 23.7 Å². The Morgan fingerprint density at radius 2 is 2.05 bits per heavy atom. The van der Waals surface area contributed by atoms with E-state index in [2.05, 4.69) is 5.32 Å². The Balaban J connectivity index is 2.89. The van der Waals surface area contributed by atoms with E-state index >= 15 is 0 Å². The first-order valence-electron chi connectivity index (χ1n) is 5.84. The number of amides is 1. The summed E-state index contributed by atoms with van der Waals surface area (Å²) in [6.45, 7) is 2.39. The zero-order chi connectivity index (χ0) is 14.5. The van der Waals surface area contributed by atoms with Gasteiger partial charge in [0.25, 0.3) is 5.91 Å². The van der Waals surface area contributed by atoms with Crippen LogP contribution in [-0.4, -0.2) is 27.1 Å². The van der Waals surface area contributed by atoms with Crippen molar-refractivity contribution in [2.75, 3.05) is 18.5 Å². The first kappa shape index (κ1) is 15.2. The monoisotopic (exact) mass is 282 g/mol. The lowest BCUT2D eigenvalue weighted by atomic mass is 10.2. The van der Waals surface area contributed by atoms with Gasteiger partial charge < -0.3 is 11.1 Å². The molecule has 3 N–H and O–H groups in total. The number of benzene rings is 1. The topological polar surface area (TPSA) is 89.3 Å². The van der Waals surface area contributed by atoms with Crippen LogP contribution in [0.25, 0.3) is 0 Å². The number of nitrogens with one attached hydrogen (secondary N) is 1. The maximum absolute atomic E-state index is 11.9. The quantitative estimate of drug-likeness (QED) is 0.485. The van der Waals surface area contributed by atoms with Gasteiger partial charge in [-0.3, -0.25) is 4.79 Å². The summed E-state index contributed by atoms with van der Waals surface area (Å²) in [4.78, 5) is 11.9. The molecule has 0 spiro atoms. The minimum absolute atomic E-state index is 0.0473. The number of nitrogen functional groups attached to an aromatic ring is 1. The van der Waals surface area contributed by atoms with Crippen LogP contribution in [0.3, 0.4) is 0 Å². The third-order valence-corrected chi connectivity index (χ3v) is 3.54. The summed E-state index contributed by atoms with van der Waals surface area (Å²) in [6, 6.07) is 4.13. The van der Waals surface area contributed by atoms with E-state index in [1.165, 1.54) is 18.2 Å². The van der Waals surface area contributed by atoms with Crippen molar-refractivity contribution in [2.45, 2.75) is 18.2 Å². The van der Waals surface area contributed by atoms with Crippen LogP contribution in [0.2, 0.25) is 0 Å². The fourth-order valence-electron chi connectivity index (χ4n) is 1.51. The molecule has 0 bridgehead atoms. The normalized spacial score (nSPS) is 11.7. The zero-order valence-corrected chi connectivity index (χ0v) is 11.8. The summed E-state index contributed by atoms with van der Waals surface area (Å²) in [5, 5.41) is 2.70. The van der Waals surface area contributed by atoms with Gasteiger partial charge in [0.05, 0.1) is 4.90 Å². The van der Waals surface area contributed by atoms with Crippen molar-refractivity contribution < 1.29 is 13.2 Å². The van der Waals surface area contributed by atoms with Crippen molar-refractivity contribution in [3.63, 3.8) is 0 Å². The van der Waals surface area contributed by atoms with Gasteiger partial charge >= 0.3 is 0 Å². The molecule has 1 aromatic rings. The second-order valence-electron chi connectivity index (χ2n) is 4.18. The fraction of sp³-hybridized carbons (Fsp3) is 0.308. The predicted octanol–water partition coefficient (Wildman–Crippen LogP) is 1.37. The minimum Gasteiger partial charge on any atom is -0.399 e. The molecule has 0 radical (unpaired) electrons. The van der Waals surface area contributed by atoms with Gasteiger partial charge in [-0.15, -0.1) is 0 Å². The molecule has 0 saturated heterocycles. The van der Waals surface area contributed by atoms with Crippen LogP contribution >= 0.6 is 0 Å². The molecule has 5 nitrogen and oxygen atoms in total. The molecule has 1 aromatic carbocycles. The number of hydrogen-bond acceptors (Lipinski definition) is 4. The minimum atomic E-state index is -3.38. The molecule has 1 amide bonds. The van der Waals surface area contributed by atoms with E-state index in [0.29, 0.717) is 6.54 Å². The lowest BCUT2D eigenvalue weighted by Crippen LogP contribution is -2.24. The van der Waals surface area contributed by atoms with Crippen LogP contribution in [0.4, 0.5) is 5.69 Å². The van der Waals surface area contributed by atoms with Crippen LogP contribution in [-0.2, 0) is 9.84 Å². The van der Waals surface area contributed by atoms with Gasteiger partial charge in [0, 0.05) is 24.1 Å². The largest absolute Gasteiger partial charge is 0.399 e. The summed E-state index contributed by atoms with van der Waals surface area (Å²) in [5.41, 5.74) is 6.12. The van der Waals surface area contributed by atoms with Crippen molar-refractivity contribution in [2.24, 2.45) is 0 Å². The van der Waals surface area contributed by atoms with Crippen LogP contribution in [0, 0.1) is 0 Å². The fourth-order valence-corrected chi connectivity index (χ4v) is 2.20. The molecule has 104 valence electrons. The van der Waals surface area contributed by atoms with Crippen molar-refractivity contribution in [3.8, 4) is 0 Å². The van der Waals surface area contributed by atoms with E-state index in [-0.39, 0.29) is 22.1 Å². The SMILES string of the molecule is C/C=C/CCNC(=O)c1cc(N)cc(S(C)(=O)=O)c1. The van der Waals surface area contributed by atoms with Gasteiger partial charge in [-0.1, -0.05) is 12.2 Å². The number of carbonyl (C=O) groups is 1. The number of sulfone groups is 1. The molecular weight excluding hydrogens is 264 g/mol. The number of hydrogen-bond donors (Lipinski definition) is 2. The molecule has 19 heavy (non-hydrogen) atoms. The predicted molar refractivity (Wildman–Crippen MR) is 75.7 cm³/mol. The van der Waals surface area contributed by atoms with E-state index in [1.807, 2.05) is 19.1 Å². The molecule has 0 aromatic heterocycles. The highest BCUT2D eigenvalue weighted by Crippen LogP contribution is 2.16. The Morgan fingerprint density at radius 1 is 1.37 bits per heavy atom.